The van der Waals surface area contributed by atoms with Crippen LogP contribution >= 0.6 is 11.8 Å². The van der Waals surface area contributed by atoms with Crippen LogP contribution in [0.5, 0.6) is 0 Å². The van der Waals surface area contributed by atoms with Gasteiger partial charge in [0.15, 0.2) is 0 Å². The van der Waals surface area contributed by atoms with Gasteiger partial charge in [-0.3, -0.25) is 9.59 Å². The van der Waals surface area contributed by atoms with Crippen LogP contribution in [0.1, 0.15) is 44.9 Å². The number of hydrogen-bond donors (Lipinski definition) is 0. The molecule has 0 aromatic heterocycles. The van der Waals surface area contributed by atoms with E-state index < -0.39 is 0 Å². The first-order valence-corrected chi connectivity index (χ1v) is 10.1. The summed E-state index contributed by atoms with van der Waals surface area (Å²) in [6.45, 7) is 3.55. The SMILES string of the molecule is O=C([C@H]1CCCC[C@@H]1C(=O)N1CCCSCC1)N1CCCC1. The zero-order chi connectivity index (χ0) is 15.4. The maximum absolute atomic E-state index is 13.0. The lowest BCUT2D eigenvalue weighted by molar-refractivity contribution is -0.147. The molecule has 2 amide bonds. The molecule has 1 aliphatic carbocycles. The molecule has 0 N–H and O–H groups in total. The lowest BCUT2D eigenvalue weighted by Crippen LogP contribution is -2.46. The van der Waals surface area contributed by atoms with Gasteiger partial charge in [0.1, 0.15) is 0 Å². The molecule has 0 aromatic rings. The van der Waals surface area contributed by atoms with Gasteiger partial charge in [0.25, 0.3) is 0 Å². The molecule has 0 radical (unpaired) electrons. The fourth-order valence-electron chi connectivity index (χ4n) is 4.10. The number of carbonyl (C=O) groups is 2. The van der Waals surface area contributed by atoms with E-state index in [2.05, 4.69) is 0 Å². The Kier molecular flexibility index (Phi) is 5.66. The lowest BCUT2D eigenvalue weighted by Gasteiger charge is -2.35. The Morgan fingerprint density at radius 1 is 0.682 bits per heavy atom. The van der Waals surface area contributed by atoms with E-state index in [9.17, 15) is 9.59 Å². The van der Waals surface area contributed by atoms with Gasteiger partial charge in [0, 0.05) is 43.8 Å². The van der Waals surface area contributed by atoms with Gasteiger partial charge in [-0.25, -0.2) is 0 Å². The van der Waals surface area contributed by atoms with Crippen molar-refractivity contribution in [2.45, 2.75) is 44.9 Å². The standard InChI is InChI=1S/C17H28N2O2S/c20-16(18-8-3-4-9-18)14-6-1-2-7-15(14)17(21)19-10-5-12-22-13-11-19/h14-15H,1-13H2/t14-,15-/m0/s1. The van der Waals surface area contributed by atoms with Gasteiger partial charge in [-0.2, -0.15) is 11.8 Å². The number of rotatable bonds is 2. The van der Waals surface area contributed by atoms with Crippen LogP contribution in [0.2, 0.25) is 0 Å². The summed E-state index contributed by atoms with van der Waals surface area (Å²) in [7, 11) is 0. The summed E-state index contributed by atoms with van der Waals surface area (Å²) in [5, 5.41) is 0. The summed E-state index contributed by atoms with van der Waals surface area (Å²) in [4.78, 5) is 29.8. The second-order valence-electron chi connectivity index (χ2n) is 6.82. The van der Waals surface area contributed by atoms with Crippen molar-refractivity contribution in [2.24, 2.45) is 11.8 Å². The van der Waals surface area contributed by atoms with Gasteiger partial charge in [-0.15, -0.1) is 0 Å². The van der Waals surface area contributed by atoms with Crippen LogP contribution < -0.4 is 0 Å². The highest BCUT2D eigenvalue weighted by Crippen LogP contribution is 2.34. The van der Waals surface area contributed by atoms with Crippen molar-refractivity contribution in [3.8, 4) is 0 Å². The van der Waals surface area contributed by atoms with Gasteiger partial charge < -0.3 is 9.80 Å². The Hall–Kier alpha value is -0.710. The molecule has 2 aliphatic heterocycles. The highest BCUT2D eigenvalue weighted by Gasteiger charge is 2.40. The van der Waals surface area contributed by atoms with Crippen molar-refractivity contribution in [2.75, 3.05) is 37.7 Å². The van der Waals surface area contributed by atoms with Crippen LogP contribution in [-0.4, -0.2) is 59.3 Å². The summed E-state index contributed by atoms with van der Waals surface area (Å²) in [6, 6.07) is 0. The highest BCUT2D eigenvalue weighted by atomic mass is 32.2. The van der Waals surface area contributed by atoms with Crippen molar-refractivity contribution in [1.82, 2.24) is 9.80 Å². The van der Waals surface area contributed by atoms with Crippen molar-refractivity contribution < 1.29 is 9.59 Å². The van der Waals surface area contributed by atoms with E-state index >= 15 is 0 Å². The van der Waals surface area contributed by atoms with Crippen LogP contribution in [0.4, 0.5) is 0 Å². The van der Waals surface area contributed by atoms with Crippen LogP contribution in [0.25, 0.3) is 0 Å². The molecule has 0 unspecified atom stereocenters. The molecule has 2 heterocycles. The molecule has 2 atom stereocenters. The third-order valence-corrected chi connectivity index (χ3v) is 6.40. The highest BCUT2D eigenvalue weighted by molar-refractivity contribution is 7.99. The topological polar surface area (TPSA) is 40.6 Å². The van der Waals surface area contributed by atoms with Gasteiger partial charge in [-0.05, 0) is 37.9 Å². The van der Waals surface area contributed by atoms with E-state index in [1.54, 1.807) is 0 Å². The van der Waals surface area contributed by atoms with E-state index in [1.165, 1.54) is 0 Å². The summed E-state index contributed by atoms with van der Waals surface area (Å²) in [6.07, 6.45) is 7.36. The minimum Gasteiger partial charge on any atom is -0.342 e. The molecular weight excluding hydrogens is 296 g/mol. The van der Waals surface area contributed by atoms with E-state index in [0.29, 0.717) is 0 Å². The summed E-state index contributed by atoms with van der Waals surface area (Å²) < 4.78 is 0. The normalized spacial score (nSPS) is 30.2. The number of amides is 2. The first kappa shape index (κ1) is 16.2. The number of carbonyl (C=O) groups excluding carboxylic acids is 2. The molecule has 2 saturated heterocycles. The van der Waals surface area contributed by atoms with Crippen molar-refractivity contribution in [1.29, 1.82) is 0 Å². The minimum atomic E-state index is -0.0510. The molecule has 124 valence electrons. The first-order chi connectivity index (χ1) is 10.8. The average molecular weight is 324 g/mol. The predicted octanol–water partition coefficient (Wildman–Crippen LogP) is 2.38. The summed E-state index contributed by atoms with van der Waals surface area (Å²) in [5.41, 5.74) is 0. The van der Waals surface area contributed by atoms with Crippen LogP contribution in [-0.2, 0) is 9.59 Å². The molecule has 0 bridgehead atoms. The zero-order valence-corrected chi connectivity index (χ0v) is 14.3. The van der Waals surface area contributed by atoms with Crippen molar-refractivity contribution in [3.05, 3.63) is 0 Å². The van der Waals surface area contributed by atoms with E-state index in [4.69, 9.17) is 0 Å². The predicted molar refractivity (Wildman–Crippen MR) is 89.8 cm³/mol. The molecule has 22 heavy (non-hydrogen) atoms. The zero-order valence-electron chi connectivity index (χ0n) is 13.5. The number of hydrogen-bond acceptors (Lipinski definition) is 3. The van der Waals surface area contributed by atoms with Gasteiger partial charge in [-0.1, -0.05) is 12.8 Å². The van der Waals surface area contributed by atoms with Gasteiger partial charge in [0.05, 0.1) is 0 Å². The van der Waals surface area contributed by atoms with E-state index in [1.807, 2.05) is 21.6 Å². The fraction of sp³-hybridized carbons (Fsp3) is 0.882. The first-order valence-electron chi connectivity index (χ1n) is 8.92. The molecule has 4 nitrogen and oxygen atoms in total. The molecule has 0 spiro atoms. The average Bonchev–Trinajstić information content (AvgIpc) is 2.96. The molecule has 0 aromatic carbocycles. The van der Waals surface area contributed by atoms with Crippen LogP contribution in [0.3, 0.4) is 0 Å². The molecule has 3 rings (SSSR count). The lowest BCUT2D eigenvalue weighted by atomic mass is 9.77. The minimum absolute atomic E-state index is 0.0461. The Labute approximate surface area is 138 Å². The smallest absolute Gasteiger partial charge is 0.226 e. The number of likely N-dealkylation sites (tertiary alicyclic amines) is 1. The maximum atomic E-state index is 13.0. The van der Waals surface area contributed by atoms with Crippen LogP contribution in [0, 0.1) is 11.8 Å². The van der Waals surface area contributed by atoms with Gasteiger partial charge >= 0.3 is 0 Å². The third-order valence-electron chi connectivity index (χ3n) is 5.35. The second-order valence-corrected chi connectivity index (χ2v) is 8.05. The second kappa shape index (κ2) is 7.71. The van der Waals surface area contributed by atoms with Gasteiger partial charge in [0.2, 0.25) is 11.8 Å². The van der Waals surface area contributed by atoms with Crippen LogP contribution in [0.15, 0.2) is 0 Å². The Morgan fingerprint density at radius 2 is 1.23 bits per heavy atom. The monoisotopic (exact) mass is 324 g/mol. The fourth-order valence-corrected chi connectivity index (χ4v) is 4.98. The summed E-state index contributed by atoms with van der Waals surface area (Å²) in [5.74, 6) is 2.63. The Balaban J connectivity index is 1.68. The van der Waals surface area contributed by atoms with E-state index in [-0.39, 0.29) is 23.7 Å². The van der Waals surface area contributed by atoms with E-state index in [0.717, 1.165) is 82.6 Å². The molecule has 3 aliphatic rings. The summed E-state index contributed by atoms with van der Waals surface area (Å²) >= 11 is 1.94. The Morgan fingerprint density at radius 3 is 1.86 bits per heavy atom. The molecule has 1 saturated carbocycles. The molecule has 3 fully saturated rings. The Bertz CT molecular complexity index is 401. The quantitative estimate of drug-likeness (QED) is 0.783. The van der Waals surface area contributed by atoms with Crippen molar-refractivity contribution >= 4 is 23.6 Å². The van der Waals surface area contributed by atoms with Crippen molar-refractivity contribution in [3.63, 3.8) is 0 Å². The third kappa shape index (κ3) is 3.61. The largest absolute Gasteiger partial charge is 0.342 e. The number of thioether (sulfide) groups is 1. The molecule has 5 heteroatoms. The molecular formula is C17H28N2O2S. The number of nitrogens with zero attached hydrogens (tertiary/aromatic N) is 2. The maximum Gasteiger partial charge on any atom is 0.226 e.